The molecule has 1 fully saturated rings. The van der Waals surface area contributed by atoms with Crippen LogP contribution in [0.1, 0.15) is 12.1 Å². The van der Waals surface area contributed by atoms with Gasteiger partial charge in [0.15, 0.2) is 5.82 Å². The van der Waals surface area contributed by atoms with E-state index >= 15 is 0 Å². The third-order valence-corrected chi connectivity index (χ3v) is 4.20. The molecule has 1 aliphatic rings. The van der Waals surface area contributed by atoms with Crippen molar-refractivity contribution >= 4 is 29.3 Å². The highest BCUT2D eigenvalue weighted by Gasteiger charge is 2.21. The van der Waals surface area contributed by atoms with Gasteiger partial charge in [0, 0.05) is 40.3 Å². The first kappa shape index (κ1) is 16.8. The van der Waals surface area contributed by atoms with Gasteiger partial charge in [-0.25, -0.2) is 4.98 Å². The Hall–Kier alpha value is -1.60. The summed E-state index contributed by atoms with van der Waals surface area (Å²) >= 11 is 6.32. The molecule has 1 amide bonds. The summed E-state index contributed by atoms with van der Waals surface area (Å²) in [5.74, 6) is 1.04. The monoisotopic (exact) mass is 326 g/mol. The molecule has 1 saturated heterocycles. The van der Waals surface area contributed by atoms with Crippen LogP contribution in [0, 0.1) is 6.92 Å². The SMILES string of the molecule is Cc1nc(N)nc(N2CCCN(CC(=O)N(C)C)CC2)c1Cl. The van der Waals surface area contributed by atoms with Crippen molar-refractivity contribution in [3.63, 3.8) is 0 Å². The Bertz CT molecular complexity index is 550. The second-order valence-electron chi connectivity index (χ2n) is 5.71. The highest BCUT2D eigenvalue weighted by Crippen LogP contribution is 2.27. The van der Waals surface area contributed by atoms with Crippen LogP contribution in [0.5, 0.6) is 0 Å². The molecule has 0 bridgehead atoms. The molecule has 2 rings (SSSR count). The Kier molecular flexibility index (Phi) is 5.42. The largest absolute Gasteiger partial charge is 0.368 e. The van der Waals surface area contributed by atoms with Gasteiger partial charge in [-0.2, -0.15) is 4.98 Å². The Balaban J connectivity index is 2.06. The number of aryl methyl sites for hydroxylation is 1. The fraction of sp³-hybridized carbons (Fsp3) is 0.643. The Morgan fingerprint density at radius 1 is 1.27 bits per heavy atom. The number of nitrogens with zero attached hydrogens (tertiary/aromatic N) is 5. The molecule has 0 unspecified atom stereocenters. The number of hydrogen-bond donors (Lipinski definition) is 1. The van der Waals surface area contributed by atoms with Gasteiger partial charge in [0.2, 0.25) is 11.9 Å². The number of halogens is 1. The highest BCUT2D eigenvalue weighted by atomic mass is 35.5. The van der Waals surface area contributed by atoms with Crippen molar-refractivity contribution in [1.82, 2.24) is 19.8 Å². The van der Waals surface area contributed by atoms with Gasteiger partial charge in [0.1, 0.15) is 5.02 Å². The number of nitrogen functional groups attached to an aromatic ring is 1. The van der Waals surface area contributed by atoms with E-state index in [1.807, 2.05) is 6.92 Å². The fourth-order valence-electron chi connectivity index (χ4n) is 2.45. The molecule has 8 heteroatoms. The molecule has 122 valence electrons. The normalized spacial score (nSPS) is 16.5. The van der Waals surface area contributed by atoms with Gasteiger partial charge < -0.3 is 15.5 Å². The fourth-order valence-corrected chi connectivity index (χ4v) is 2.65. The first-order chi connectivity index (χ1) is 10.4. The van der Waals surface area contributed by atoms with Crippen molar-refractivity contribution in [2.75, 3.05) is 57.5 Å². The molecule has 1 aromatic heterocycles. The Morgan fingerprint density at radius 3 is 2.68 bits per heavy atom. The van der Waals surface area contributed by atoms with E-state index in [-0.39, 0.29) is 11.9 Å². The van der Waals surface area contributed by atoms with Crippen LogP contribution in [0.3, 0.4) is 0 Å². The van der Waals surface area contributed by atoms with Crippen molar-refractivity contribution in [3.8, 4) is 0 Å². The number of anilines is 2. The first-order valence-corrected chi connectivity index (χ1v) is 7.73. The molecule has 22 heavy (non-hydrogen) atoms. The predicted octanol–water partition coefficient (Wildman–Crippen LogP) is 0.621. The molecule has 0 atom stereocenters. The average Bonchev–Trinajstić information content (AvgIpc) is 2.68. The number of hydrogen-bond acceptors (Lipinski definition) is 6. The summed E-state index contributed by atoms with van der Waals surface area (Å²) in [6.07, 6.45) is 0.944. The van der Waals surface area contributed by atoms with E-state index in [1.54, 1.807) is 19.0 Å². The molecule has 2 heterocycles. The zero-order chi connectivity index (χ0) is 16.3. The molecule has 0 radical (unpaired) electrons. The predicted molar refractivity (Wildman–Crippen MR) is 88.2 cm³/mol. The van der Waals surface area contributed by atoms with Gasteiger partial charge in [-0.3, -0.25) is 9.69 Å². The van der Waals surface area contributed by atoms with Crippen LogP contribution in [-0.2, 0) is 4.79 Å². The van der Waals surface area contributed by atoms with Crippen molar-refractivity contribution < 1.29 is 4.79 Å². The maximum absolute atomic E-state index is 11.8. The molecule has 7 nitrogen and oxygen atoms in total. The van der Waals surface area contributed by atoms with E-state index < -0.39 is 0 Å². The molecule has 2 N–H and O–H groups in total. The summed E-state index contributed by atoms with van der Waals surface area (Å²) in [4.78, 5) is 26.1. The van der Waals surface area contributed by atoms with Gasteiger partial charge >= 0.3 is 0 Å². The zero-order valence-corrected chi connectivity index (χ0v) is 14.1. The minimum Gasteiger partial charge on any atom is -0.368 e. The van der Waals surface area contributed by atoms with Crippen LogP contribution in [-0.4, -0.2) is 72.5 Å². The number of nitrogens with two attached hydrogens (primary N) is 1. The molecule has 0 spiro atoms. The van der Waals surface area contributed by atoms with Gasteiger partial charge in [-0.1, -0.05) is 11.6 Å². The number of rotatable bonds is 3. The van der Waals surface area contributed by atoms with Crippen LogP contribution >= 0.6 is 11.6 Å². The molecule has 1 aromatic rings. The van der Waals surface area contributed by atoms with Crippen LogP contribution in [0.2, 0.25) is 5.02 Å². The van der Waals surface area contributed by atoms with Crippen molar-refractivity contribution in [3.05, 3.63) is 10.7 Å². The van der Waals surface area contributed by atoms with Crippen LogP contribution < -0.4 is 10.6 Å². The second-order valence-corrected chi connectivity index (χ2v) is 6.09. The van der Waals surface area contributed by atoms with E-state index in [9.17, 15) is 4.79 Å². The third kappa shape index (κ3) is 3.98. The minimum absolute atomic E-state index is 0.119. The van der Waals surface area contributed by atoms with E-state index in [2.05, 4.69) is 19.8 Å². The Morgan fingerprint density at radius 2 is 2.00 bits per heavy atom. The standard InChI is InChI=1S/C14H23ClN6O/c1-10-12(15)13(18-14(16)17-10)21-6-4-5-20(7-8-21)9-11(22)19(2)3/h4-9H2,1-3H3,(H2,16,17,18). The first-order valence-electron chi connectivity index (χ1n) is 7.35. The maximum atomic E-state index is 11.8. The molecule has 0 aliphatic carbocycles. The van der Waals surface area contributed by atoms with Crippen LogP contribution in [0.4, 0.5) is 11.8 Å². The van der Waals surface area contributed by atoms with Gasteiger partial charge in [0.25, 0.3) is 0 Å². The van der Waals surface area contributed by atoms with E-state index in [1.165, 1.54) is 0 Å². The highest BCUT2D eigenvalue weighted by molar-refractivity contribution is 6.33. The summed E-state index contributed by atoms with van der Waals surface area (Å²) in [6.45, 7) is 5.54. The second kappa shape index (κ2) is 7.11. The molecule has 0 aromatic carbocycles. The lowest BCUT2D eigenvalue weighted by Crippen LogP contribution is -2.38. The van der Waals surface area contributed by atoms with Crippen LogP contribution in [0.25, 0.3) is 0 Å². The lowest BCUT2D eigenvalue weighted by atomic mass is 10.3. The van der Waals surface area contributed by atoms with E-state index in [0.29, 0.717) is 23.1 Å². The molecular weight excluding hydrogens is 304 g/mol. The summed E-state index contributed by atoms with van der Waals surface area (Å²) in [6, 6.07) is 0. The van der Waals surface area contributed by atoms with Gasteiger partial charge in [0.05, 0.1) is 12.2 Å². The summed E-state index contributed by atoms with van der Waals surface area (Å²) in [5.41, 5.74) is 6.42. The summed E-state index contributed by atoms with van der Waals surface area (Å²) in [7, 11) is 3.55. The Labute approximate surface area is 136 Å². The van der Waals surface area contributed by atoms with Gasteiger partial charge in [-0.15, -0.1) is 0 Å². The van der Waals surface area contributed by atoms with Crippen LogP contribution in [0.15, 0.2) is 0 Å². The van der Waals surface area contributed by atoms with Crippen molar-refractivity contribution in [2.45, 2.75) is 13.3 Å². The number of amides is 1. The van der Waals surface area contributed by atoms with E-state index in [4.69, 9.17) is 17.3 Å². The summed E-state index contributed by atoms with van der Waals surface area (Å²) in [5, 5.41) is 0.548. The lowest BCUT2D eigenvalue weighted by Gasteiger charge is -2.24. The number of carbonyl (C=O) groups is 1. The average molecular weight is 327 g/mol. The minimum atomic E-state index is 0.119. The van der Waals surface area contributed by atoms with Gasteiger partial charge in [-0.05, 0) is 13.3 Å². The number of likely N-dealkylation sites (N-methyl/N-ethyl adjacent to an activating group) is 1. The molecular formula is C14H23ClN6O. The lowest BCUT2D eigenvalue weighted by molar-refractivity contribution is -0.129. The van der Waals surface area contributed by atoms with Crippen molar-refractivity contribution in [2.24, 2.45) is 0 Å². The smallest absolute Gasteiger partial charge is 0.236 e. The number of aromatic nitrogens is 2. The quantitative estimate of drug-likeness (QED) is 0.877. The topological polar surface area (TPSA) is 78.6 Å². The van der Waals surface area contributed by atoms with E-state index in [0.717, 1.165) is 32.6 Å². The molecule has 1 aliphatic heterocycles. The zero-order valence-electron chi connectivity index (χ0n) is 13.3. The third-order valence-electron chi connectivity index (χ3n) is 3.76. The van der Waals surface area contributed by atoms with Crippen molar-refractivity contribution in [1.29, 1.82) is 0 Å². The maximum Gasteiger partial charge on any atom is 0.236 e. The number of carbonyl (C=O) groups excluding carboxylic acids is 1. The summed E-state index contributed by atoms with van der Waals surface area (Å²) < 4.78 is 0. The molecule has 0 saturated carbocycles.